The lowest BCUT2D eigenvalue weighted by atomic mass is 10.0. The maximum atomic E-state index is 13.6. The van der Waals surface area contributed by atoms with Crippen LogP contribution in [0.1, 0.15) is 25.3 Å². The van der Waals surface area contributed by atoms with E-state index in [9.17, 15) is 13.2 Å². The number of hydrogen-bond donors (Lipinski definition) is 0. The van der Waals surface area contributed by atoms with Crippen LogP contribution in [0, 0.1) is 12.8 Å². The van der Waals surface area contributed by atoms with Gasteiger partial charge in [-0.15, -0.1) is 0 Å². The van der Waals surface area contributed by atoms with Crippen molar-refractivity contribution in [2.24, 2.45) is 5.92 Å². The smallest absolute Gasteiger partial charge is 0.264 e. The van der Waals surface area contributed by atoms with E-state index in [0.29, 0.717) is 36.2 Å². The Kier molecular flexibility index (Phi) is 7.10. The molecule has 1 heterocycles. The molecule has 3 rings (SSSR count). The zero-order valence-corrected chi connectivity index (χ0v) is 19.3. The molecule has 1 aliphatic rings. The van der Waals surface area contributed by atoms with E-state index in [4.69, 9.17) is 9.47 Å². The maximum absolute atomic E-state index is 13.6. The first-order valence-electron chi connectivity index (χ1n) is 10.4. The van der Waals surface area contributed by atoms with Crippen molar-refractivity contribution in [3.8, 4) is 11.5 Å². The number of rotatable bonds is 7. The van der Waals surface area contributed by atoms with Gasteiger partial charge in [-0.1, -0.05) is 24.6 Å². The minimum atomic E-state index is -4.02. The van der Waals surface area contributed by atoms with Crippen molar-refractivity contribution in [3.63, 3.8) is 0 Å². The second-order valence-corrected chi connectivity index (χ2v) is 9.81. The molecule has 0 aromatic heterocycles. The van der Waals surface area contributed by atoms with Crippen LogP contribution < -0.4 is 13.8 Å². The minimum Gasteiger partial charge on any atom is -0.493 e. The molecular formula is C23H30N2O5S. The van der Waals surface area contributed by atoms with Gasteiger partial charge in [0, 0.05) is 19.2 Å². The van der Waals surface area contributed by atoms with Crippen LogP contribution in [0.25, 0.3) is 0 Å². The summed E-state index contributed by atoms with van der Waals surface area (Å²) in [5, 5.41) is 0. The van der Waals surface area contributed by atoms with Crippen molar-refractivity contribution in [3.05, 3.63) is 48.0 Å². The lowest BCUT2D eigenvalue weighted by Gasteiger charge is -2.33. The van der Waals surface area contributed by atoms with Crippen LogP contribution in [0.2, 0.25) is 0 Å². The van der Waals surface area contributed by atoms with Gasteiger partial charge in [-0.2, -0.15) is 0 Å². The van der Waals surface area contributed by atoms with Gasteiger partial charge in [-0.3, -0.25) is 9.10 Å². The number of hydrogen-bond acceptors (Lipinski definition) is 5. The monoisotopic (exact) mass is 446 g/mol. The van der Waals surface area contributed by atoms with Gasteiger partial charge in [0.05, 0.1) is 24.8 Å². The van der Waals surface area contributed by atoms with Crippen LogP contribution in [0.4, 0.5) is 5.69 Å². The third-order valence-electron chi connectivity index (χ3n) is 5.55. The zero-order valence-electron chi connectivity index (χ0n) is 18.5. The van der Waals surface area contributed by atoms with E-state index in [0.717, 1.165) is 18.4 Å². The highest BCUT2D eigenvalue weighted by molar-refractivity contribution is 7.92. The third-order valence-corrected chi connectivity index (χ3v) is 7.32. The average molecular weight is 447 g/mol. The number of benzene rings is 2. The molecule has 2 aromatic rings. The van der Waals surface area contributed by atoms with Crippen molar-refractivity contribution in [2.45, 2.75) is 31.6 Å². The Morgan fingerprint density at radius 2 is 1.77 bits per heavy atom. The summed E-state index contributed by atoms with van der Waals surface area (Å²) in [7, 11) is -1.08. The number of aryl methyl sites for hydroxylation is 1. The SMILES string of the molecule is COc1ccc(S(=O)(=O)N(CC(=O)N2CCCC(C)C2)c2ccc(C)cc2)cc1OC. The highest BCUT2D eigenvalue weighted by Crippen LogP contribution is 2.32. The summed E-state index contributed by atoms with van der Waals surface area (Å²) in [6, 6.07) is 11.5. The first-order chi connectivity index (χ1) is 14.8. The molecule has 0 spiro atoms. The normalized spacial score (nSPS) is 16.6. The molecular weight excluding hydrogens is 416 g/mol. The highest BCUT2D eigenvalue weighted by atomic mass is 32.2. The number of sulfonamides is 1. The molecule has 1 unspecified atom stereocenters. The summed E-state index contributed by atoms with van der Waals surface area (Å²) in [6.45, 7) is 5.08. The summed E-state index contributed by atoms with van der Waals surface area (Å²) in [5.41, 5.74) is 1.45. The standard InChI is InChI=1S/C23H30N2O5S/c1-17-7-9-19(10-8-17)25(16-23(26)24-13-5-6-18(2)15-24)31(27,28)20-11-12-21(29-3)22(14-20)30-4/h7-12,14,18H,5-6,13,15-16H2,1-4H3. The predicted octanol–water partition coefficient (Wildman–Crippen LogP) is 3.47. The van der Waals surface area contributed by atoms with Crippen molar-refractivity contribution in [2.75, 3.05) is 38.2 Å². The second-order valence-electron chi connectivity index (χ2n) is 7.95. The molecule has 0 saturated carbocycles. The minimum absolute atomic E-state index is 0.0329. The van der Waals surface area contributed by atoms with Gasteiger partial charge in [-0.05, 0) is 49.9 Å². The fourth-order valence-electron chi connectivity index (χ4n) is 3.77. The third kappa shape index (κ3) is 5.12. The van der Waals surface area contributed by atoms with Crippen LogP contribution in [-0.4, -0.2) is 53.1 Å². The zero-order chi connectivity index (χ0) is 22.6. The Labute approximate surface area is 184 Å². The van der Waals surface area contributed by atoms with Gasteiger partial charge in [-0.25, -0.2) is 8.42 Å². The number of ether oxygens (including phenoxy) is 2. The molecule has 1 atom stereocenters. The summed E-state index contributed by atoms with van der Waals surface area (Å²) >= 11 is 0. The topological polar surface area (TPSA) is 76.2 Å². The van der Waals surface area contributed by atoms with Gasteiger partial charge < -0.3 is 14.4 Å². The molecule has 1 saturated heterocycles. The first kappa shape index (κ1) is 22.9. The van der Waals surface area contributed by atoms with Gasteiger partial charge >= 0.3 is 0 Å². The van der Waals surface area contributed by atoms with Gasteiger partial charge in [0.1, 0.15) is 6.54 Å². The Hall–Kier alpha value is -2.74. The number of likely N-dealkylation sites (tertiary alicyclic amines) is 1. The second kappa shape index (κ2) is 9.60. The number of anilines is 1. The van der Waals surface area contributed by atoms with Gasteiger partial charge in [0.2, 0.25) is 5.91 Å². The number of piperidine rings is 1. The van der Waals surface area contributed by atoms with Crippen LogP contribution in [0.3, 0.4) is 0 Å². The first-order valence-corrected chi connectivity index (χ1v) is 11.8. The molecule has 31 heavy (non-hydrogen) atoms. The molecule has 1 amide bonds. The van der Waals surface area contributed by atoms with Crippen molar-refractivity contribution < 1.29 is 22.7 Å². The molecule has 0 bridgehead atoms. The summed E-state index contributed by atoms with van der Waals surface area (Å²) in [6.07, 6.45) is 2.01. The molecule has 1 fully saturated rings. The van der Waals surface area contributed by atoms with Crippen molar-refractivity contribution >= 4 is 21.6 Å². The van der Waals surface area contributed by atoms with Crippen molar-refractivity contribution in [1.29, 1.82) is 0 Å². The van der Waals surface area contributed by atoms with E-state index in [2.05, 4.69) is 6.92 Å². The summed E-state index contributed by atoms with van der Waals surface area (Å²) in [4.78, 5) is 14.9. The maximum Gasteiger partial charge on any atom is 0.264 e. The molecule has 7 nitrogen and oxygen atoms in total. The van der Waals surface area contributed by atoms with Crippen LogP contribution in [0.15, 0.2) is 47.4 Å². The summed E-state index contributed by atoms with van der Waals surface area (Å²) in [5.74, 6) is 0.953. The number of carbonyl (C=O) groups is 1. The summed E-state index contributed by atoms with van der Waals surface area (Å²) < 4.78 is 38.9. The van der Waals surface area contributed by atoms with E-state index in [1.165, 1.54) is 30.7 Å². The van der Waals surface area contributed by atoms with Crippen LogP contribution >= 0.6 is 0 Å². The number of amides is 1. The van der Waals surface area contributed by atoms with E-state index >= 15 is 0 Å². The van der Waals surface area contributed by atoms with E-state index in [1.54, 1.807) is 23.1 Å². The molecule has 1 aliphatic heterocycles. The molecule has 168 valence electrons. The number of nitrogens with zero attached hydrogens (tertiary/aromatic N) is 2. The Balaban J connectivity index is 1.99. The molecule has 8 heteroatoms. The number of carbonyl (C=O) groups excluding carboxylic acids is 1. The molecule has 0 N–H and O–H groups in total. The Morgan fingerprint density at radius 3 is 2.39 bits per heavy atom. The van der Waals surface area contributed by atoms with Gasteiger partial charge in [0.25, 0.3) is 10.0 Å². The van der Waals surface area contributed by atoms with E-state index < -0.39 is 10.0 Å². The molecule has 0 radical (unpaired) electrons. The van der Waals surface area contributed by atoms with E-state index in [1.807, 2.05) is 19.1 Å². The Bertz CT molecular complexity index is 1020. The molecule has 0 aliphatic carbocycles. The van der Waals surface area contributed by atoms with E-state index in [-0.39, 0.29) is 17.3 Å². The highest BCUT2D eigenvalue weighted by Gasteiger charge is 2.31. The quantitative estimate of drug-likeness (QED) is 0.651. The Morgan fingerprint density at radius 1 is 1.10 bits per heavy atom. The average Bonchev–Trinajstić information content (AvgIpc) is 2.77. The van der Waals surface area contributed by atoms with Gasteiger partial charge in [0.15, 0.2) is 11.5 Å². The fraction of sp³-hybridized carbons (Fsp3) is 0.435. The lowest BCUT2D eigenvalue weighted by Crippen LogP contribution is -2.46. The number of methoxy groups -OCH3 is 2. The largest absolute Gasteiger partial charge is 0.493 e. The van der Waals surface area contributed by atoms with Crippen molar-refractivity contribution in [1.82, 2.24) is 4.90 Å². The lowest BCUT2D eigenvalue weighted by molar-refractivity contribution is -0.131. The fourth-order valence-corrected chi connectivity index (χ4v) is 5.20. The van der Waals surface area contributed by atoms with Crippen LogP contribution in [0.5, 0.6) is 11.5 Å². The molecule has 2 aromatic carbocycles. The predicted molar refractivity (Wildman–Crippen MR) is 120 cm³/mol. The van der Waals surface area contributed by atoms with Crippen LogP contribution in [-0.2, 0) is 14.8 Å².